The number of carbonyl (C=O) groups excluding carboxylic acids is 1. The van der Waals surface area contributed by atoms with E-state index in [0.717, 1.165) is 19.5 Å². The number of aliphatic carboxylic acids is 1. The molecular formula is C11H19N3O4. The van der Waals surface area contributed by atoms with Gasteiger partial charge in [0.05, 0.1) is 6.10 Å². The molecule has 102 valence electrons. The zero-order valence-corrected chi connectivity index (χ0v) is 10.2. The lowest BCUT2D eigenvalue weighted by molar-refractivity contribution is -0.141. The fourth-order valence-electron chi connectivity index (χ4n) is 2.48. The van der Waals surface area contributed by atoms with Gasteiger partial charge in [0.15, 0.2) is 0 Å². The van der Waals surface area contributed by atoms with Crippen molar-refractivity contribution in [3.8, 4) is 0 Å². The normalized spacial score (nSPS) is 29.2. The Kier molecular flexibility index (Phi) is 4.03. The smallest absolute Gasteiger partial charge is 0.326 e. The van der Waals surface area contributed by atoms with E-state index < -0.39 is 18.1 Å². The van der Waals surface area contributed by atoms with Gasteiger partial charge >= 0.3 is 12.0 Å². The Bertz CT molecular complexity index is 328. The highest BCUT2D eigenvalue weighted by molar-refractivity contribution is 5.83. The van der Waals surface area contributed by atoms with Gasteiger partial charge in [-0.1, -0.05) is 0 Å². The summed E-state index contributed by atoms with van der Waals surface area (Å²) < 4.78 is 0. The zero-order chi connectivity index (χ0) is 13.1. The van der Waals surface area contributed by atoms with Crippen LogP contribution >= 0.6 is 0 Å². The third-order valence-corrected chi connectivity index (χ3v) is 3.42. The monoisotopic (exact) mass is 257 g/mol. The topological polar surface area (TPSA) is 93.1 Å². The molecule has 0 radical (unpaired) electrons. The molecule has 2 fully saturated rings. The van der Waals surface area contributed by atoms with E-state index in [-0.39, 0.29) is 19.0 Å². The summed E-state index contributed by atoms with van der Waals surface area (Å²) in [5, 5.41) is 21.8. The molecule has 0 aromatic rings. The Hall–Kier alpha value is -1.34. The second kappa shape index (κ2) is 5.53. The Morgan fingerprint density at radius 1 is 1.22 bits per heavy atom. The summed E-state index contributed by atoms with van der Waals surface area (Å²) in [5.74, 6) is -1.05. The Labute approximate surface area is 105 Å². The highest BCUT2D eigenvalue weighted by Gasteiger charge is 2.40. The van der Waals surface area contributed by atoms with Gasteiger partial charge in [-0.25, -0.2) is 9.59 Å². The Morgan fingerprint density at radius 3 is 2.72 bits per heavy atom. The maximum absolute atomic E-state index is 12.3. The Morgan fingerprint density at radius 2 is 2.00 bits per heavy atom. The van der Waals surface area contributed by atoms with Crippen LogP contribution < -0.4 is 5.32 Å². The second-order valence-electron chi connectivity index (χ2n) is 4.77. The first-order valence-electron chi connectivity index (χ1n) is 6.26. The molecule has 0 spiro atoms. The zero-order valence-electron chi connectivity index (χ0n) is 10.2. The van der Waals surface area contributed by atoms with Gasteiger partial charge in [-0.05, 0) is 13.0 Å². The van der Waals surface area contributed by atoms with Crippen molar-refractivity contribution >= 4 is 12.0 Å². The van der Waals surface area contributed by atoms with Gasteiger partial charge in [-0.3, -0.25) is 0 Å². The quantitative estimate of drug-likeness (QED) is 0.556. The predicted octanol–water partition coefficient (Wildman–Crippen LogP) is -1.08. The van der Waals surface area contributed by atoms with Gasteiger partial charge < -0.3 is 25.3 Å². The molecule has 0 unspecified atom stereocenters. The van der Waals surface area contributed by atoms with Crippen LogP contribution in [0.1, 0.15) is 12.8 Å². The van der Waals surface area contributed by atoms with E-state index in [4.69, 9.17) is 5.11 Å². The number of nitrogens with one attached hydrogen (secondary N) is 1. The summed E-state index contributed by atoms with van der Waals surface area (Å²) in [6.07, 6.45) is 0.243. The minimum absolute atomic E-state index is 0.111. The lowest BCUT2D eigenvalue weighted by atomic mass is 10.2. The number of likely N-dealkylation sites (tertiary alicyclic amines) is 1. The number of aliphatic hydroxyl groups is 1. The fraction of sp³-hybridized carbons (Fsp3) is 0.818. The number of rotatable bonds is 1. The molecule has 2 rings (SSSR count). The van der Waals surface area contributed by atoms with Gasteiger partial charge in [-0.2, -0.15) is 0 Å². The third kappa shape index (κ3) is 2.73. The van der Waals surface area contributed by atoms with Crippen molar-refractivity contribution in [1.82, 2.24) is 15.1 Å². The molecule has 2 aliphatic heterocycles. The lowest BCUT2D eigenvalue weighted by Crippen LogP contribution is -2.49. The molecule has 7 nitrogen and oxygen atoms in total. The molecular weight excluding hydrogens is 238 g/mol. The predicted molar refractivity (Wildman–Crippen MR) is 63.2 cm³/mol. The van der Waals surface area contributed by atoms with Crippen LogP contribution in [0.3, 0.4) is 0 Å². The average Bonchev–Trinajstić information content (AvgIpc) is 2.56. The molecule has 0 aromatic heterocycles. The first kappa shape index (κ1) is 13.1. The SMILES string of the molecule is O=C(O)[C@@H]1C[C@@H](O)CN1C(=O)N1CCCNCC1. The lowest BCUT2D eigenvalue weighted by Gasteiger charge is -2.29. The van der Waals surface area contributed by atoms with E-state index in [1.807, 2.05) is 0 Å². The number of carboxylic acids is 1. The number of aliphatic hydroxyl groups excluding tert-OH is 1. The number of nitrogens with zero attached hydrogens (tertiary/aromatic N) is 2. The van der Waals surface area contributed by atoms with Gasteiger partial charge in [0.1, 0.15) is 6.04 Å². The maximum atomic E-state index is 12.3. The molecule has 0 aliphatic carbocycles. The van der Waals surface area contributed by atoms with E-state index in [2.05, 4.69) is 5.32 Å². The summed E-state index contributed by atoms with van der Waals surface area (Å²) in [4.78, 5) is 26.3. The molecule has 18 heavy (non-hydrogen) atoms. The maximum Gasteiger partial charge on any atom is 0.326 e. The van der Waals surface area contributed by atoms with Crippen LogP contribution in [-0.4, -0.2) is 76.9 Å². The summed E-state index contributed by atoms with van der Waals surface area (Å²) in [6, 6.07) is -1.17. The molecule has 7 heteroatoms. The number of carbonyl (C=O) groups is 2. The molecule has 0 bridgehead atoms. The van der Waals surface area contributed by atoms with Crippen LogP contribution in [0.5, 0.6) is 0 Å². The van der Waals surface area contributed by atoms with Gasteiger partial charge in [0, 0.05) is 32.6 Å². The number of hydrogen-bond acceptors (Lipinski definition) is 4. The van der Waals surface area contributed by atoms with Crippen LogP contribution in [0.2, 0.25) is 0 Å². The van der Waals surface area contributed by atoms with Gasteiger partial charge in [-0.15, -0.1) is 0 Å². The Balaban J connectivity index is 2.04. The van der Waals surface area contributed by atoms with Crippen molar-refractivity contribution in [2.45, 2.75) is 25.0 Å². The molecule has 2 amide bonds. The molecule has 2 heterocycles. The van der Waals surface area contributed by atoms with Crippen molar-refractivity contribution in [3.63, 3.8) is 0 Å². The van der Waals surface area contributed by atoms with Crippen molar-refractivity contribution in [2.24, 2.45) is 0 Å². The van der Waals surface area contributed by atoms with Crippen molar-refractivity contribution < 1.29 is 19.8 Å². The first-order valence-corrected chi connectivity index (χ1v) is 6.26. The summed E-state index contributed by atoms with van der Waals surface area (Å²) >= 11 is 0. The van der Waals surface area contributed by atoms with Crippen LogP contribution in [-0.2, 0) is 4.79 Å². The third-order valence-electron chi connectivity index (χ3n) is 3.42. The van der Waals surface area contributed by atoms with E-state index in [1.165, 1.54) is 4.90 Å². The highest BCUT2D eigenvalue weighted by Crippen LogP contribution is 2.20. The minimum Gasteiger partial charge on any atom is -0.480 e. The molecule has 0 aromatic carbocycles. The van der Waals surface area contributed by atoms with Gasteiger partial charge in [0.25, 0.3) is 0 Å². The van der Waals surface area contributed by atoms with Crippen molar-refractivity contribution in [2.75, 3.05) is 32.7 Å². The number of amides is 2. The number of β-amino-alcohol motifs (C(OH)–C–C–N with tert-alkyl or cyclic N) is 1. The van der Waals surface area contributed by atoms with Crippen molar-refractivity contribution in [1.29, 1.82) is 0 Å². The number of hydrogen-bond donors (Lipinski definition) is 3. The van der Waals surface area contributed by atoms with Crippen LogP contribution in [0.15, 0.2) is 0 Å². The van der Waals surface area contributed by atoms with E-state index in [1.54, 1.807) is 4.90 Å². The fourth-order valence-corrected chi connectivity index (χ4v) is 2.48. The first-order chi connectivity index (χ1) is 8.59. The molecule has 2 atom stereocenters. The van der Waals surface area contributed by atoms with E-state index in [9.17, 15) is 14.7 Å². The van der Waals surface area contributed by atoms with Crippen LogP contribution in [0.4, 0.5) is 4.79 Å². The second-order valence-corrected chi connectivity index (χ2v) is 4.77. The van der Waals surface area contributed by atoms with E-state index in [0.29, 0.717) is 13.1 Å². The van der Waals surface area contributed by atoms with Crippen LogP contribution in [0.25, 0.3) is 0 Å². The summed E-state index contributed by atoms with van der Waals surface area (Å²) in [5.41, 5.74) is 0. The molecule has 2 aliphatic rings. The van der Waals surface area contributed by atoms with Crippen LogP contribution in [0, 0.1) is 0 Å². The minimum atomic E-state index is -1.05. The number of carboxylic acid groups (broad SMARTS) is 1. The number of urea groups is 1. The molecule has 0 saturated carbocycles. The highest BCUT2D eigenvalue weighted by atomic mass is 16.4. The summed E-state index contributed by atoms with van der Waals surface area (Å²) in [6.45, 7) is 2.91. The molecule has 3 N–H and O–H groups in total. The molecule has 2 saturated heterocycles. The van der Waals surface area contributed by atoms with E-state index >= 15 is 0 Å². The van der Waals surface area contributed by atoms with Crippen molar-refractivity contribution in [3.05, 3.63) is 0 Å². The average molecular weight is 257 g/mol. The summed E-state index contributed by atoms with van der Waals surface area (Å²) in [7, 11) is 0. The standard InChI is InChI=1S/C11H19N3O4/c15-8-6-9(10(16)17)14(7-8)11(18)13-4-1-2-12-3-5-13/h8-9,12,15H,1-7H2,(H,16,17)/t8-,9+/m1/s1. The largest absolute Gasteiger partial charge is 0.480 e. The van der Waals surface area contributed by atoms with Gasteiger partial charge in [0.2, 0.25) is 0 Å².